The van der Waals surface area contributed by atoms with E-state index in [0.29, 0.717) is 19.3 Å². The molecule has 1 saturated carbocycles. The van der Waals surface area contributed by atoms with E-state index in [2.05, 4.69) is 4.84 Å². The van der Waals surface area contributed by atoms with Gasteiger partial charge in [0.15, 0.2) is 0 Å². The average Bonchev–Trinajstić information content (AvgIpc) is 2.41. The zero-order chi connectivity index (χ0) is 7.23. The van der Waals surface area contributed by atoms with Crippen LogP contribution in [-0.2, 0) is 9.57 Å². The normalized spacial score (nSPS) is 20.1. The summed E-state index contributed by atoms with van der Waals surface area (Å²) in [5.41, 5.74) is 0. The molecule has 1 aliphatic rings. The van der Waals surface area contributed by atoms with Crippen molar-refractivity contribution < 1.29 is 9.57 Å². The van der Waals surface area contributed by atoms with E-state index in [1.807, 2.05) is 0 Å². The molecule has 3 nitrogen and oxygen atoms in total. The van der Waals surface area contributed by atoms with Crippen molar-refractivity contribution in [2.24, 2.45) is 5.90 Å². The van der Waals surface area contributed by atoms with Crippen molar-refractivity contribution in [2.75, 3.05) is 13.2 Å². The third-order valence-corrected chi connectivity index (χ3v) is 1.86. The molecule has 0 saturated heterocycles. The Morgan fingerprint density at radius 1 is 1.20 bits per heavy atom. The van der Waals surface area contributed by atoms with Crippen molar-refractivity contribution in [1.29, 1.82) is 0 Å². The molecule has 0 aromatic rings. The van der Waals surface area contributed by atoms with Crippen LogP contribution in [-0.4, -0.2) is 19.3 Å². The highest BCUT2D eigenvalue weighted by Gasteiger charge is 2.14. The molecule has 10 heavy (non-hydrogen) atoms. The monoisotopic (exact) mass is 145 g/mol. The van der Waals surface area contributed by atoms with Crippen LogP contribution in [0, 0.1) is 0 Å². The zero-order valence-corrected chi connectivity index (χ0v) is 6.21. The van der Waals surface area contributed by atoms with Crippen molar-refractivity contribution in [3.8, 4) is 0 Å². The molecule has 0 unspecified atom stereocenters. The smallest absolute Gasteiger partial charge is 0.0913 e. The van der Waals surface area contributed by atoms with Crippen LogP contribution in [0.15, 0.2) is 0 Å². The van der Waals surface area contributed by atoms with E-state index in [4.69, 9.17) is 10.6 Å². The van der Waals surface area contributed by atoms with Gasteiger partial charge < -0.3 is 9.57 Å². The first kappa shape index (κ1) is 7.98. The van der Waals surface area contributed by atoms with Crippen molar-refractivity contribution in [2.45, 2.75) is 31.8 Å². The predicted molar refractivity (Wildman–Crippen MR) is 38.3 cm³/mol. The number of hydrogen-bond donors (Lipinski definition) is 1. The Bertz CT molecular complexity index is 81.7. The van der Waals surface area contributed by atoms with Gasteiger partial charge in [0.2, 0.25) is 0 Å². The van der Waals surface area contributed by atoms with Crippen LogP contribution in [0.2, 0.25) is 0 Å². The molecule has 0 aliphatic heterocycles. The maximum Gasteiger partial charge on any atom is 0.0913 e. The molecule has 1 rings (SSSR count). The molecule has 0 aromatic heterocycles. The lowest BCUT2D eigenvalue weighted by atomic mass is 10.3. The first-order valence-electron chi connectivity index (χ1n) is 3.87. The minimum absolute atomic E-state index is 0.482. The number of nitrogens with two attached hydrogens (primary N) is 1. The standard InChI is InChI=1S/C7H15NO2/c8-10-6-5-9-7-3-1-2-4-7/h7H,1-6,8H2. The summed E-state index contributed by atoms with van der Waals surface area (Å²) < 4.78 is 5.44. The molecule has 0 spiro atoms. The first-order valence-corrected chi connectivity index (χ1v) is 3.87. The fraction of sp³-hybridized carbons (Fsp3) is 1.00. The fourth-order valence-corrected chi connectivity index (χ4v) is 1.32. The van der Waals surface area contributed by atoms with Gasteiger partial charge in [-0.3, -0.25) is 0 Å². The summed E-state index contributed by atoms with van der Waals surface area (Å²) in [6.45, 7) is 1.15. The molecule has 1 aliphatic carbocycles. The van der Waals surface area contributed by atoms with Gasteiger partial charge in [0, 0.05) is 0 Å². The summed E-state index contributed by atoms with van der Waals surface area (Å²) in [6.07, 6.45) is 5.53. The molecule has 0 atom stereocenters. The van der Waals surface area contributed by atoms with E-state index in [9.17, 15) is 0 Å². The molecule has 60 valence electrons. The summed E-state index contributed by atoms with van der Waals surface area (Å²) >= 11 is 0. The molecule has 0 radical (unpaired) electrons. The minimum atomic E-state index is 0.482. The topological polar surface area (TPSA) is 44.5 Å². The Labute approximate surface area is 61.4 Å². The van der Waals surface area contributed by atoms with Crippen LogP contribution < -0.4 is 5.90 Å². The van der Waals surface area contributed by atoms with Gasteiger partial charge in [-0.2, -0.15) is 0 Å². The van der Waals surface area contributed by atoms with Gasteiger partial charge >= 0.3 is 0 Å². The molecular weight excluding hydrogens is 130 g/mol. The molecule has 0 aromatic carbocycles. The quantitative estimate of drug-likeness (QED) is 0.471. The van der Waals surface area contributed by atoms with E-state index >= 15 is 0 Å². The van der Waals surface area contributed by atoms with Crippen LogP contribution in [0.1, 0.15) is 25.7 Å². The molecule has 0 heterocycles. The second-order valence-electron chi connectivity index (χ2n) is 2.65. The Hall–Kier alpha value is -0.120. The largest absolute Gasteiger partial charge is 0.376 e. The third-order valence-electron chi connectivity index (χ3n) is 1.86. The molecule has 0 amide bonds. The second-order valence-corrected chi connectivity index (χ2v) is 2.65. The predicted octanol–water partition coefficient (Wildman–Crippen LogP) is 0.836. The summed E-state index contributed by atoms with van der Waals surface area (Å²) in [5, 5.41) is 0. The molecule has 2 N–H and O–H groups in total. The van der Waals surface area contributed by atoms with E-state index in [0.717, 1.165) is 0 Å². The van der Waals surface area contributed by atoms with Crippen LogP contribution >= 0.6 is 0 Å². The number of hydrogen-bond acceptors (Lipinski definition) is 3. The minimum Gasteiger partial charge on any atom is -0.376 e. The van der Waals surface area contributed by atoms with E-state index in [1.54, 1.807) is 0 Å². The first-order chi connectivity index (χ1) is 4.93. The van der Waals surface area contributed by atoms with E-state index in [-0.39, 0.29) is 0 Å². The van der Waals surface area contributed by atoms with Gasteiger partial charge in [0.05, 0.1) is 19.3 Å². The lowest BCUT2D eigenvalue weighted by Gasteiger charge is -2.09. The SMILES string of the molecule is NOCCOC1CCCC1. The highest BCUT2D eigenvalue weighted by molar-refractivity contribution is 4.66. The van der Waals surface area contributed by atoms with Crippen LogP contribution in [0.25, 0.3) is 0 Å². The van der Waals surface area contributed by atoms with Gasteiger partial charge in [0.1, 0.15) is 0 Å². The number of ether oxygens (including phenoxy) is 1. The van der Waals surface area contributed by atoms with Gasteiger partial charge in [-0.15, -0.1) is 0 Å². The zero-order valence-electron chi connectivity index (χ0n) is 6.21. The highest BCUT2D eigenvalue weighted by Crippen LogP contribution is 2.20. The Morgan fingerprint density at radius 3 is 2.50 bits per heavy atom. The van der Waals surface area contributed by atoms with Crippen LogP contribution in [0.4, 0.5) is 0 Å². The summed E-state index contributed by atoms with van der Waals surface area (Å²) in [5.74, 6) is 4.83. The summed E-state index contributed by atoms with van der Waals surface area (Å²) in [6, 6.07) is 0. The lowest BCUT2D eigenvalue weighted by molar-refractivity contribution is 0.00757. The van der Waals surface area contributed by atoms with Gasteiger partial charge in [-0.25, -0.2) is 5.90 Å². The Kier molecular flexibility index (Phi) is 3.72. The fourth-order valence-electron chi connectivity index (χ4n) is 1.32. The molecule has 0 bridgehead atoms. The Balaban J connectivity index is 1.91. The van der Waals surface area contributed by atoms with E-state index in [1.165, 1.54) is 25.7 Å². The lowest BCUT2D eigenvalue weighted by Crippen LogP contribution is -2.14. The third kappa shape index (κ3) is 2.64. The second kappa shape index (κ2) is 4.66. The highest BCUT2D eigenvalue weighted by atomic mass is 16.6. The average molecular weight is 145 g/mol. The van der Waals surface area contributed by atoms with Crippen molar-refractivity contribution in [3.05, 3.63) is 0 Å². The van der Waals surface area contributed by atoms with E-state index < -0.39 is 0 Å². The molecule has 1 fully saturated rings. The number of rotatable bonds is 4. The maximum absolute atomic E-state index is 5.44. The summed E-state index contributed by atoms with van der Waals surface area (Å²) in [7, 11) is 0. The maximum atomic E-state index is 5.44. The van der Waals surface area contributed by atoms with Gasteiger partial charge in [0.25, 0.3) is 0 Å². The van der Waals surface area contributed by atoms with Crippen molar-refractivity contribution >= 4 is 0 Å². The Morgan fingerprint density at radius 2 is 1.90 bits per heavy atom. The molecule has 3 heteroatoms. The van der Waals surface area contributed by atoms with Crippen LogP contribution in [0.5, 0.6) is 0 Å². The summed E-state index contributed by atoms with van der Waals surface area (Å²) in [4.78, 5) is 4.38. The van der Waals surface area contributed by atoms with Crippen molar-refractivity contribution in [3.63, 3.8) is 0 Å². The van der Waals surface area contributed by atoms with Gasteiger partial charge in [-0.05, 0) is 12.8 Å². The van der Waals surface area contributed by atoms with Crippen LogP contribution in [0.3, 0.4) is 0 Å². The van der Waals surface area contributed by atoms with Crippen molar-refractivity contribution in [1.82, 2.24) is 0 Å². The molecular formula is C7H15NO2. The van der Waals surface area contributed by atoms with Gasteiger partial charge in [-0.1, -0.05) is 12.8 Å².